The van der Waals surface area contributed by atoms with Gasteiger partial charge < -0.3 is 20.1 Å². The van der Waals surface area contributed by atoms with Crippen molar-refractivity contribution in [2.24, 2.45) is 0 Å². The Morgan fingerprint density at radius 2 is 1.63 bits per heavy atom. The molecule has 3 aromatic carbocycles. The van der Waals surface area contributed by atoms with Crippen LogP contribution in [0.25, 0.3) is 11.1 Å². The van der Waals surface area contributed by atoms with Crippen LogP contribution >= 0.6 is 0 Å². The molecule has 0 radical (unpaired) electrons. The summed E-state index contributed by atoms with van der Waals surface area (Å²) in [6.07, 6.45) is -0.0499. The predicted molar refractivity (Wildman–Crippen MR) is 132 cm³/mol. The molecule has 35 heavy (non-hydrogen) atoms. The summed E-state index contributed by atoms with van der Waals surface area (Å²) in [5, 5.41) is 12.0. The van der Waals surface area contributed by atoms with Crippen molar-refractivity contribution in [1.29, 1.82) is 0 Å². The molecular formula is C28H26N2O5. The Morgan fingerprint density at radius 1 is 1.00 bits per heavy atom. The van der Waals surface area contributed by atoms with Crippen molar-refractivity contribution in [3.05, 3.63) is 89.0 Å². The van der Waals surface area contributed by atoms with E-state index < -0.39 is 17.6 Å². The molecular weight excluding hydrogens is 444 g/mol. The van der Waals surface area contributed by atoms with E-state index in [9.17, 15) is 19.5 Å². The molecule has 0 unspecified atom stereocenters. The van der Waals surface area contributed by atoms with E-state index in [2.05, 4.69) is 17.4 Å². The van der Waals surface area contributed by atoms with Crippen molar-refractivity contribution >= 4 is 23.7 Å². The number of amides is 2. The molecule has 1 aliphatic carbocycles. The van der Waals surface area contributed by atoms with Gasteiger partial charge in [-0.3, -0.25) is 4.79 Å². The minimum atomic E-state index is -1.25. The van der Waals surface area contributed by atoms with Gasteiger partial charge in [-0.05, 0) is 60.2 Å². The van der Waals surface area contributed by atoms with Gasteiger partial charge >= 0.3 is 12.1 Å². The summed E-state index contributed by atoms with van der Waals surface area (Å²) in [6, 6.07) is 21.0. The van der Waals surface area contributed by atoms with E-state index in [-0.39, 0.29) is 24.0 Å². The van der Waals surface area contributed by atoms with E-state index in [1.165, 1.54) is 17.0 Å². The van der Waals surface area contributed by atoms with Gasteiger partial charge in [0.2, 0.25) is 0 Å². The molecule has 0 fully saturated rings. The van der Waals surface area contributed by atoms with E-state index in [4.69, 9.17) is 4.74 Å². The lowest BCUT2D eigenvalue weighted by molar-refractivity contribution is -0.123. The number of nitrogens with one attached hydrogen (secondary N) is 1. The molecule has 0 aromatic heterocycles. The minimum Gasteiger partial charge on any atom is -0.478 e. The maximum Gasteiger partial charge on any atom is 0.408 e. The van der Waals surface area contributed by atoms with Crippen LogP contribution in [0.15, 0.2) is 66.7 Å². The highest BCUT2D eigenvalue weighted by Crippen LogP contribution is 2.44. The number of hydrogen-bond acceptors (Lipinski definition) is 4. The van der Waals surface area contributed by atoms with Gasteiger partial charge in [0.05, 0.1) is 5.56 Å². The molecule has 0 saturated heterocycles. The van der Waals surface area contributed by atoms with E-state index >= 15 is 0 Å². The first-order valence-corrected chi connectivity index (χ1v) is 11.6. The highest BCUT2D eigenvalue weighted by molar-refractivity contribution is 6.03. The molecule has 0 atom stereocenters. The van der Waals surface area contributed by atoms with E-state index in [0.29, 0.717) is 18.7 Å². The third kappa shape index (κ3) is 4.03. The van der Waals surface area contributed by atoms with Crippen LogP contribution in [-0.4, -0.2) is 41.8 Å². The van der Waals surface area contributed by atoms with Crippen LogP contribution in [-0.2, 0) is 16.0 Å². The van der Waals surface area contributed by atoms with Crippen molar-refractivity contribution in [1.82, 2.24) is 5.32 Å². The predicted octanol–water partition coefficient (Wildman–Crippen LogP) is 4.59. The molecule has 1 heterocycles. The molecule has 0 bridgehead atoms. The second-order valence-electron chi connectivity index (χ2n) is 9.43. The smallest absolute Gasteiger partial charge is 0.408 e. The van der Waals surface area contributed by atoms with Gasteiger partial charge in [0.15, 0.2) is 0 Å². The van der Waals surface area contributed by atoms with Crippen molar-refractivity contribution in [3.63, 3.8) is 0 Å². The van der Waals surface area contributed by atoms with Crippen LogP contribution in [0.1, 0.15) is 46.8 Å². The fraction of sp³-hybridized carbons (Fsp3) is 0.250. The number of carbonyl (C=O) groups is 3. The van der Waals surface area contributed by atoms with Crippen LogP contribution in [0.2, 0.25) is 0 Å². The Morgan fingerprint density at radius 3 is 2.26 bits per heavy atom. The highest BCUT2D eigenvalue weighted by atomic mass is 16.5. The average Bonchev–Trinajstić information content (AvgIpc) is 3.40. The number of carboxylic acids is 1. The van der Waals surface area contributed by atoms with E-state index in [1.807, 2.05) is 36.4 Å². The molecule has 0 spiro atoms. The third-order valence-electron chi connectivity index (χ3n) is 6.77. The number of fused-ring (bicyclic) bond motifs is 4. The molecule has 0 saturated carbocycles. The van der Waals surface area contributed by atoms with Crippen molar-refractivity contribution < 1.29 is 24.2 Å². The first-order valence-electron chi connectivity index (χ1n) is 11.6. The summed E-state index contributed by atoms with van der Waals surface area (Å²) in [7, 11) is 0. The van der Waals surface area contributed by atoms with Gasteiger partial charge in [0.25, 0.3) is 5.91 Å². The monoisotopic (exact) mass is 470 g/mol. The molecule has 3 aromatic rings. The average molecular weight is 471 g/mol. The quantitative estimate of drug-likeness (QED) is 0.569. The summed E-state index contributed by atoms with van der Waals surface area (Å²) < 4.78 is 5.61. The van der Waals surface area contributed by atoms with E-state index in [1.54, 1.807) is 19.9 Å². The number of anilines is 1. The summed E-state index contributed by atoms with van der Waals surface area (Å²) in [5.41, 5.74) is 4.84. The topological polar surface area (TPSA) is 95.9 Å². The molecule has 7 nitrogen and oxygen atoms in total. The van der Waals surface area contributed by atoms with Crippen LogP contribution in [0.4, 0.5) is 10.5 Å². The van der Waals surface area contributed by atoms with Crippen LogP contribution in [0.5, 0.6) is 0 Å². The lowest BCUT2D eigenvalue weighted by atomic mass is 9.98. The standard InChI is InChI=1S/C28H26N2O5/c1-28(2,26(33)30-14-13-17-11-12-18(25(31)32)15-24(17)30)29-27(34)35-16-23-21-9-5-3-7-19(21)20-8-4-6-10-22(20)23/h3-12,15,23H,13-14,16H2,1-2H3,(H,29,34)(H,31,32). The van der Waals surface area contributed by atoms with Gasteiger partial charge in [-0.1, -0.05) is 54.6 Å². The van der Waals surface area contributed by atoms with Crippen LogP contribution in [0.3, 0.4) is 0 Å². The Hall–Kier alpha value is -4.13. The van der Waals surface area contributed by atoms with Gasteiger partial charge in [-0.25, -0.2) is 9.59 Å². The highest BCUT2D eigenvalue weighted by Gasteiger charge is 2.38. The molecule has 178 valence electrons. The van der Waals surface area contributed by atoms with Crippen LogP contribution in [0, 0.1) is 0 Å². The zero-order chi connectivity index (χ0) is 24.7. The molecule has 1 aliphatic heterocycles. The van der Waals surface area contributed by atoms with Gasteiger partial charge in [-0.2, -0.15) is 0 Å². The summed E-state index contributed by atoms with van der Waals surface area (Å²) in [5.74, 6) is -1.46. The molecule has 2 amide bonds. The van der Waals surface area contributed by atoms with Crippen molar-refractivity contribution in [2.45, 2.75) is 31.7 Å². The maximum atomic E-state index is 13.3. The summed E-state index contributed by atoms with van der Waals surface area (Å²) >= 11 is 0. The van der Waals surface area contributed by atoms with Crippen molar-refractivity contribution in [3.8, 4) is 11.1 Å². The first-order chi connectivity index (χ1) is 16.8. The van der Waals surface area contributed by atoms with Gasteiger partial charge in [0, 0.05) is 18.2 Å². The van der Waals surface area contributed by atoms with Crippen molar-refractivity contribution in [2.75, 3.05) is 18.1 Å². The number of carbonyl (C=O) groups excluding carboxylic acids is 2. The first kappa shape index (κ1) is 22.7. The number of hydrogen-bond donors (Lipinski definition) is 2. The zero-order valence-electron chi connectivity index (χ0n) is 19.6. The number of rotatable bonds is 5. The Bertz CT molecular complexity index is 1300. The Labute approximate surface area is 203 Å². The number of benzene rings is 3. The minimum absolute atomic E-state index is 0.0770. The fourth-order valence-corrected chi connectivity index (χ4v) is 5.00. The van der Waals surface area contributed by atoms with Crippen LogP contribution < -0.4 is 10.2 Å². The molecule has 5 rings (SSSR count). The number of aromatic carboxylic acids is 1. The lowest BCUT2D eigenvalue weighted by Crippen LogP contribution is -2.56. The Kier molecular flexibility index (Phi) is 5.55. The Balaban J connectivity index is 1.28. The maximum absolute atomic E-state index is 13.3. The second-order valence-corrected chi connectivity index (χ2v) is 9.43. The summed E-state index contributed by atoms with van der Waals surface area (Å²) in [6.45, 7) is 3.82. The lowest BCUT2D eigenvalue weighted by Gasteiger charge is -2.30. The fourth-order valence-electron chi connectivity index (χ4n) is 5.00. The summed E-state index contributed by atoms with van der Waals surface area (Å²) in [4.78, 5) is 39.0. The zero-order valence-corrected chi connectivity index (χ0v) is 19.6. The number of carboxylic acid groups (broad SMARTS) is 1. The normalized spacial score (nSPS) is 14.2. The SMILES string of the molecule is CC(C)(NC(=O)OCC1c2ccccc2-c2ccccc21)C(=O)N1CCc2ccc(C(=O)O)cc21. The molecule has 7 heteroatoms. The number of alkyl carbamates (subject to hydrolysis) is 1. The molecule has 2 aliphatic rings. The molecule has 2 N–H and O–H groups in total. The third-order valence-corrected chi connectivity index (χ3v) is 6.77. The number of nitrogens with zero attached hydrogens (tertiary/aromatic N) is 1. The van der Waals surface area contributed by atoms with Gasteiger partial charge in [0.1, 0.15) is 12.1 Å². The van der Waals surface area contributed by atoms with Gasteiger partial charge in [-0.15, -0.1) is 0 Å². The number of ether oxygens (including phenoxy) is 1. The van der Waals surface area contributed by atoms with E-state index in [0.717, 1.165) is 27.8 Å². The second kappa shape index (κ2) is 8.58. The largest absolute Gasteiger partial charge is 0.478 e.